The maximum Gasteiger partial charge on any atom is 0.0925 e. The van der Waals surface area contributed by atoms with Crippen LogP contribution in [-0.2, 0) is 6.42 Å². The largest absolute Gasteiger partial charge is 0.395 e. The van der Waals surface area contributed by atoms with Crippen molar-refractivity contribution in [1.82, 2.24) is 20.2 Å². The molecule has 0 saturated carbocycles. The summed E-state index contributed by atoms with van der Waals surface area (Å²) < 4.78 is 0. The van der Waals surface area contributed by atoms with Gasteiger partial charge < -0.3 is 20.3 Å². The molecule has 3 rings (SSSR count). The molecule has 1 fully saturated rings. The molecule has 0 bridgehead atoms. The summed E-state index contributed by atoms with van der Waals surface area (Å²) in [7, 11) is 2.16. The molecular formula is C12H20N4O. The van der Waals surface area contributed by atoms with Gasteiger partial charge in [0.15, 0.2) is 0 Å². The van der Waals surface area contributed by atoms with E-state index in [1.54, 1.807) is 6.33 Å². The van der Waals surface area contributed by atoms with Crippen molar-refractivity contribution in [3.05, 3.63) is 17.7 Å². The van der Waals surface area contributed by atoms with Gasteiger partial charge in [0.25, 0.3) is 0 Å². The Kier molecular flexibility index (Phi) is 2.90. The van der Waals surface area contributed by atoms with Crippen LogP contribution in [0.2, 0.25) is 0 Å². The van der Waals surface area contributed by atoms with Gasteiger partial charge in [-0.1, -0.05) is 0 Å². The van der Waals surface area contributed by atoms with Gasteiger partial charge in [0.05, 0.1) is 24.7 Å². The van der Waals surface area contributed by atoms with E-state index in [2.05, 4.69) is 27.2 Å². The fraction of sp³-hybridized carbons (Fsp3) is 0.750. The number of fused-ring (bicyclic) bond motifs is 1. The monoisotopic (exact) mass is 236 g/mol. The molecule has 3 N–H and O–H groups in total. The number of hydrogen-bond donors (Lipinski definition) is 3. The summed E-state index contributed by atoms with van der Waals surface area (Å²) >= 11 is 0. The second kappa shape index (κ2) is 4.40. The highest BCUT2D eigenvalue weighted by atomic mass is 16.3. The summed E-state index contributed by atoms with van der Waals surface area (Å²) in [6, 6.07) is 0.464. The third kappa shape index (κ3) is 1.99. The summed E-state index contributed by atoms with van der Waals surface area (Å²) in [5, 5.41) is 12.9. The van der Waals surface area contributed by atoms with Gasteiger partial charge in [0.2, 0.25) is 0 Å². The van der Waals surface area contributed by atoms with Crippen molar-refractivity contribution in [3.63, 3.8) is 0 Å². The van der Waals surface area contributed by atoms with Crippen molar-refractivity contribution >= 4 is 0 Å². The third-order valence-electron chi connectivity index (χ3n) is 4.03. The van der Waals surface area contributed by atoms with E-state index in [4.69, 9.17) is 0 Å². The smallest absolute Gasteiger partial charge is 0.0925 e. The Morgan fingerprint density at radius 3 is 3.18 bits per heavy atom. The predicted octanol–water partition coefficient (Wildman–Crippen LogP) is -0.0909. The highest BCUT2D eigenvalue weighted by molar-refractivity contribution is 5.22. The molecule has 1 aromatic heterocycles. The number of nitrogens with zero attached hydrogens (tertiary/aromatic N) is 2. The minimum absolute atomic E-state index is 0.166. The van der Waals surface area contributed by atoms with Crippen LogP contribution in [0.3, 0.4) is 0 Å². The Hall–Kier alpha value is -0.910. The lowest BCUT2D eigenvalue weighted by Gasteiger charge is -2.32. The summed E-state index contributed by atoms with van der Waals surface area (Å²) in [5.41, 5.74) is 2.36. The van der Waals surface area contributed by atoms with Crippen molar-refractivity contribution in [3.8, 4) is 0 Å². The fourth-order valence-electron chi connectivity index (χ4n) is 3.12. The van der Waals surface area contributed by atoms with Gasteiger partial charge in [-0.3, -0.25) is 0 Å². The number of H-pyrrole nitrogens is 1. The van der Waals surface area contributed by atoms with Crippen molar-refractivity contribution in [2.24, 2.45) is 5.92 Å². The first-order valence-electron chi connectivity index (χ1n) is 6.35. The molecule has 2 aliphatic rings. The molecular weight excluding hydrogens is 216 g/mol. The molecule has 0 amide bonds. The quantitative estimate of drug-likeness (QED) is 0.671. The van der Waals surface area contributed by atoms with Crippen LogP contribution in [0.4, 0.5) is 0 Å². The Bertz CT molecular complexity index is 392. The van der Waals surface area contributed by atoms with E-state index in [9.17, 15) is 5.11 Å². The Labute approximate surface area is 101 Å². The zero-order valence-corrected chi connectivity index (χ0v) is 10.2. The van der Waals surface area contributed by atoms with Gasteiger partial charge in [-0.25, -0.2) is 4.98 Å². The molecule has 5 heteroatoms. The number of aromatic amines is 1. The molecule has 17 heavy (non-hydrogen) atoms. The van der Waals surface area contributed by atoms with E-state index in [0.29, 0.717) is 12.0 Å². The van der Waals surface area contributed by atoms with Gasteiger partial charge in [-0.05, 0) is 25.9 Å². The number of rotatable bonds is 2. The highest BCUT2D eigenvalue weighted by Gasteiger charge is 2.36. The first-order valence-corrected chi connectivity index (χ1v) is 6.35. The molecule has 3 unspecified atom stereocenters. The van der Waals surface area contributed by atoms with Crippen molar-refractivity contribution in [1.29, 1.82) is 0 Å². The molecule has 5 nitrogen and oxygen atoms in total. The van der Waals surface area contributed by atoms with Gasteiger partial charge in [0, 0.05) is 24.7 Å². The van der Waals surface area contributed by atoms with Crippen molar-refractivity contribution in [2.75, 3.05) is 26.7 Å². The van der Waals surface area contributed by atoms with Gasteiger partial charge in [0.1, 0.15) is 0 Å². The summed E-state index contributed by atoms with van der Waals surface area (Å²) in [6.45, 7) is 2.46. The van der Waals surface area contributed by atoms with Crippen LogP contribution in [0.1, 0.15) is 23.9 Å². The van der Waals surface area contributed by atoms with Gasteiger partial charge >= 0.3 is 0 Å². The summed E-state index contributed by atoms with van der Waals surface area (Å²) in [4.78, 5) is 10.0. The second-order valence-electron chi connectivity index (χ2n) is 5.31. The first kappa shape index (κ1) is 11.2. The van der Waals surface area contributed by atoms with E-state index in [0.717, 1.165) is 25.2 Å². The van der Waals surface area contributed by atoms with Crippen LogP contribution in [0.5, 0.6) is 0 Å². The number of nitrogens with one attached hydrogen (secondary N) is 2. The summed E-state index contributed by atoms with van der Waals surface area (Å²) in [5.74, 6) is 0.608. The maximum atomic E-state index is 9.36. The predicted molar refractivity (Wildman–Crippen MR) is 64.6 cm³/mol. The van der Waals surface area contributed by atoms with Gasteiger partial charge in [-0.15, -0.1) is 0 Å². The number of aromatic nitrogens is 2. The molecule has 0 radical (unpaired) electrons. The zero-order chi connectivity index (χ0) is 11.8. The average Bonchev–Trinajstić information content (AvgIpc) is 2.95. The van der Waals surface area contributed by atoms with Crippen molar-refractivity contribution < 1.29 is 5.11 Å². The number of imidazole rings is 1. The maximum absolute atomic E-state index is 9.36. The lowest BCUT2D eigenvalue weighted by atomic mass is 9.89. The lowest BCUT2D eigenvalue weighted by Crippen LogP contribution is -2.45. The van der Waals surface area contributed by atoms with Crippen LogP contribution in [0, 0.1) is 5.92 Å². The normalized spacial score (nSPS) is 33.9. The fourth-order valence-corrected chi connectivity index (χ4v) is 3.12. The van der Waals surface area contributed by atoms with Crippen LogP contribution in [0.15, 0.2) is 6.33 Å². The van der Waals surface area contributed by atoms with E-state index in [-0.39, 0.29) is 12.6 Å². The molecule has 0 aromatic carbocycles. The van der Waals surface area contributed by atoms with Crippen LogP contribution >= 0.6 is 0 Å². The Balaban J connectivity index is 1.84. The van der Waals surface area contributed by atoms with E-state index < -0.39 is 0 Å². The molecule has 94 valence electrons. The first-order chi connectivity index (χ1) is 8.28. The third-order valence-corrected chi connectivity index (χ3v) is 4.03. The topological polar surface area (TPSA) is 64.2 Å². The van der Waals surface area contributed by atoms with Crippen LogP contribution in [0.25, 0.3) is 0 Å². The highest BCUT2D eigenvalue weighted by Crippen LogP contribution is 2.33. The average molecular weight is 236 g/mol. The minimum Gasteiger partial charge on any atom is -0.395 e. The Morgan fingerprint density at radius 1 is 1.59 bits per heavy atom. The Morgan fingerprint density at radius 2 is 2.47 bits per heavy atom. The van der Waals surface area contributed by atoms with Gasteiger partial charge in [-0.2, -0.15) is 0 Å². The zero-order valence-electron chi connectivity index (χ0n) is 10.2. The molecule has 1 saturated heterocycles. The molecule has 0 spiro atoms. The second-order valence-corrected chi connectivity index (χ2v) is 5.31. The van der Waals surface area contributed by atoms with E-state index in [1.165, 1.54) is 12.1 Å². The SMILES string of the molecule is CN1CCC(C2NC(CO)Cc3[nH]cnc32)C1. The number of aliphatic hydroxyl groups excluding tert-OH is 1. The number of likely N-dealkylation sites (tertiary alicyclic amines) is 1. The van der Waals surface area contributed by atoms with E-state index in [1.807, 2.05) is 0 Å². The van der Waals surface area contributed by atoms with Crippen LogP contribution in [-0.4, -0.2) is 52.8 Å². The molecule has 1 aromatic rings. The standard InChI is InChI=1S/C12H20N4O/c1-16-3-2-8(5-16)11-12-10(13-7-14-12)4-9(6-17)15-11/h7-9,11,15,17H,2-6H2,1H3,(H,13,14). The number of aliphatic hydroxyl groups is 1. The molecule has 2 aliphatic heterocycles. The molecule has 0 aliphatic carbocycles. The number of hydrogen-bond acceptors (Lipinski definition) is 4. The lowest BCUT2D eigenvalue weighted by molar-refractivity contribution is 0.201. The van der Waals surface area contributed by atoms with E-state index >= 15 is 0 Å². The molecule has 3 heterocycles. The van der Waals surface area contributed by atoms with Crippen molar-refractivity contribution in [2.45, 2.75) is 24.9 Å². The molecule has 3 atom stereocenters. The minimum atomic E-state index is 0.166. The van der Waals surface area contributed by atoms with Crippen LogP contribution < -0.4 is 5.32 Å². The summed E-state index contributed by atoms with van der Waals surface area (Å²) in [6.07, 6.45) is 3.83.